The van der Waals surface area contributed by atoms with E-state index in [9.17, 15) is 0 Å². The number of hydrogen-bond acceptors (Lipinski definition) is 2. The maximum Gasteiger partial charge on any atom is 0.0223 e. The van der Waals surface area contributed by atoms with Crippen LogP contribution in [0.4, 0.5) is 0 Å². The van der Waals surface area contributed by atoms with Gasteiger partial charge in [0, 0.05) is 25.7 Å². The van der Waals surface area contributed by atoms with Gasteiger partial charge in [0.2, 0.25) is 0 Å². The molecule has 0 aromatic rings. The average Bonchev–Trinajstić information content (AvgIpc) is 2.21. The fourth-order valence-corrected chi connectivity index (χ4v) is 2.31. The highest BCUT2D eigenvalue weighted by atomic mass is 15.3. The first-order valence-electron chi connectivity index (χ1n) is 5.79. The van der Waals surface area contributed by atoms with Crippen molar-refractivity contribution in [3.05, 3.63) is 0 Å². The van der Waals surface area contributed by atoms with Gasteiger partial charge in [-0.2, -0.15) is 0 Å². The lowest BCUT2D eigenvalue weighted by molar-refractivity contribution is 0.0623. The number of fused-ring (bicyclic) bond motifs is 1. The Morgan fingerprint density at radius 3 is 2.54 bits per heavy atom. The van der Waals surface area contributed by atoms with Crippen molar-refractivity contribution < 1.29 is 0 Å². The van der Waals surface area contributed by atoms with E-state index >= 15 is 0 Å². The minimum atomic E-state index is 0.891. The summed E-state index contributed by atoms with van der Waals surface area (Å²) in [7, 11) is 2.24. The van der Waals surface area contributed by atoms with Crippen LogP contribution in [0.25, 0.3) is 0 Å². The zero-order valence-corrected chi connectivity index (χ0v) is 9.42. The third-order valence-corrected chi connectivity index (χ3v) is 3.04. The molecule has 0 aliphatic carbocycles. The fourth-order valence-electron chi connectivity index (χ4n) is 2.31. The zero-order chi connectivity index (χ0) is 9.68. The van der Waals surface area contributed by atoms with Crippen molar-refractivity contribution in [1.82, 2.24) is 9.80 Å². The maximum absolute atomic E-state index is 2.67. The van der Waals surface area contributed by atoms with Gasteiger partial charge in [-0.15, -0.1) is 0 Å². The quantitative estimate of drug-likeness (QED) is 0.566. The number of piperidine rings is 1. The number of nitrogens with zero attached hydrogens (tertiary/aromatic N) is 2. The molecule has 0 aromatic carbocycles. The molecule has 1 unspecified atom stereocenters. The van der Waals surface area contributed by atoms with Crippen molar-refractivity contribution in [2.45, 2.75) is 39.2 Å². The van der Waals surface area contributed by atoms with Gasteiger partial charge in [-0.05, 0) is 26.4 Å². The van der Waals surface area contributed by atoms with Crippen molar-refractivity contribution in [1.29, 1.82) is 0 Å². The van der Waals surface area contributed by atoms with Crippen LogP contribution in [-0.2, 0) is 0 Å². The Kier molecular flexibility index (Phi) is 4.74. The number of piperazine rings is 1. The van der Waals surface area contributed by atoms with Gasteiger partial charge in [0.1, 0.15) is 0 Å². The molecule has 0 spiro atoms. The van der Waals surface area contributed by atoms with Crippen molar-refractivity contribution in [3.8, 4) is 0 Å². The Morgan fingerprint density at radius 1 is 1.00 bits per heavy atom. The Morgan fingerprint density at radius 2 is 1.77 bits per heavy atom. The van der Waals surface area contributed by atoms with Gasteiger partial charge in [-0.25, -0.2) is 0 Å². The molecule has 0 amide bonds. The van der Waals surface area contributed by atoms with E-state index in [4.69, 9.17) is 0 Å². The van der Waals surface area contributed by atoms with E-state index in [1.54, 1.807) is 0 Å². The van der Waals surface area contributed by atoms with Crippen LogP contribution in [-0.4, -0.2) is 49.1 Å². The summed E-state index contributed by atoms with van der Waals surface area (Å²) in [5, 5.41) is 0. The topological polar surface area (TPSA) is 6.48 Å². The first-order valence-corrected chi connectivity index (χ1v) is 5.79. The Bertz CT molecular complexity index is 136. The second-order valence-electron chi connectivity index (χ2n) is 3.95. The van der Waals surface area contributed by atoms with Gasteiger partial charge in [-0.3, -0.25) is 4.90 Å². The van der Waals surface area contributed by atoms with Crippen LogP contribution in [0.5, 0.6) is 0 Å². The van der Waals surface area contributed by atoms with Gasteiger partial charge < -0.3 is 4.90 Å². The van der Waals surface area contributed by atoms with Gasteiger partial charge in [-0.1, -0.05) is 20.3 Å². The van der Waals surface area contributed by atoms with E-state index in [0.29, 0.717) is 0 Å². The molecule has 0 aromatic heterocycles. The molecule has 2 heterocycles. The molecule has 2 heteroatoms. The summed E-state index contributed by atoms with van der Waals surface area (Å²) in [6.45, 7) is 9.25. The highest BCUT2D eigenvalue weighted by molar-refractivity contribution is 4.83. The minimum Gasteiger partial charge on any atom is -0.304 e. The fraction of sp³-hybridized carbons (Fsp3) is 1.00. The lowest BCUT2D eigenvalue weighted by Crippen LogP contribution is -2.53. The smallest absolute Gasteiger partial charge is 0.0223 e. The molecular formula is C11H24N2. The largest absolute Gasteiger partial charge is 0.304 e. The summed E-state index contributed by atoms with van der Waals surface area (Å²) in [5.74, 6) is 0. The van der Waals surface area contributed by atoms with Crippen LogP contribution in [0.3, 0.4) is 0 Å². The van der Waals surface area contributed by atoms with E-state index in [1.807, 2.05) is 13.8 Å². The van der Waals surface area contributed by atoms with Crippen molar-refractivity contribution in [2.75, 3.05) is 33.2 Å². The minimum absolute atomic E-state index is 0.891. The molecule has 78 valence electrons. The molecule has 0 bridgehead atoms. The monoisotopic (exact) mass is 184 g/mol. The maximum atomic E-state index is 2.67. The normalized spacial score (nSPS) is 30.2. The van der Waals surface area contributed by atoms with E-state index in [-0.39, 0.29) is 0 Å². The predicted octanol–water partition coefficient (Wildman–Crippen LogP) is 1.81. The van der Waals surface area contributed by atoms with Crippen LogP contribution in [0, 0.1) is 0 Å². The summed E-state index contributed by atoms with van der Waals surface area (Å²) in [4.78, 5) is 5.13. The third kappa shape index (κ3) is 2.96. The predicted molar refractivity (Wildman–Crippen MR) is 58.1 cm³/mol. The molecule has 2 rings (SSSR count). The first-order chi connectivity index (χ1) is 6.36. The lowest BCUT2D eigenvalue weighted by Gasteiger charge is -2.42. The second kappa shape index (κ2) is 5.61. The van der Waals surface area contributed by atoms with Gasteiger partial charge >= 0.3 is 0 Å². The standard InChI is InChI=1S/C9H18N2.C2H6/c1-10-6-7-11-5-3-2-4-9(11)8-10;1-2/h9H,2-8H2,1H3;1-2H3. The summed E-state index contributed by atoms with van der Waals surface area (Å²) >= 11 is 0. The zero-order valence-electron chi connectivity index (χ0n) is 9.42. The molecule has 2 fully saturated rings. The highest BCUT2D eigenvalue weighted by Crippen LogP contribution is 2.19. The summed E-state index contributed by atoms with van der Waals surface area (Å²) in [6.07, 6.45) is 4.32. The van der Waals surface area contributed by atoms with Crippen molar-refractivity contribution in [3.63, 3.8) is 0 Å². The lowest BCUT2D eigenvalue weighted by atomic mass is 10.00. The van der Waals surface area contributed by atoms with Crippen molar-refractivity contribution in [2.24, 2.45) is 0 Å². The Labute approximate surface area is 82.9 Å². The molecule has 0 radical (unpaired) electrons. The third-order valence-electron chi connectivity index (χ3n) is 3.04. The van der Waals surface area contributed by atoms with E-state index in [1.165, 1.54) is 45.4 Å². The molecular weight excluding hydrogens is 160 g/mol. The number of hydrogen-bond donors (Lipinski definition) is 0. The molecule has 2 aliphatic heterocycles. The Hall–Kier alpha value is -0.0800. The summed E-state index contributed by atoms with van der Waals surface area (Å²) in [6, 6.07) is 0.891. The number of likely N-dealkylation sites (N-methyl/N-ethyl adjacent to an activating group) is 1. The summed E-state index contributed by atoms with van der Waals surface area (Å²) in [5.41, 5.74) is 0. The van der Waals surface area contributed by atoms with E-state index < -0.39 is 0 Å². The Balaban J connectivity index is 0.000000396. The van der Waals surface area contributed by atoms with Gasteiger partial charge in [0.15, 0.2) is 0 Å². The van der Waals surface area contributed by atoms with Crippen molar-refractivity contribution >= 4 is 0 Å². The molecule has 1 atom stereocenters. The van der Waals surface area contributed by atoms with E-state index in [2.05, 4.69) is 16.8 Å². The van der Waals surface area contributed by atoms with Gasteiger partial charge in [0.25, 0.3) is 0 Å². The van der Waals surface area contributed by atoms with Crippen LogP contribution >= 0.6 is 0 Å². The molecule has 2 nitrogen and oxygen atoms in total. The number of rotatable bonds is 0. The highest BCUT2D eigenvalue weighted by Gasteiger charge is 2.26. The first kappa shape index (κ1) is 11.0. The second-order valence-corrected chi connectivity index (χ2v) is 3.95. The molecule has 2 aliphatic rings. The van der Waals surface area contributed by atoms with Crippen LogP contribution in [0.15, 0.2) is 0 Å². The molecule has 13 heavy (non-hydrogen) atoms. The summed E-state index contributed by atoms with van der Waals surface area (Å²) < 4.78 is 0. The SMILES string of the molecule is CC.CN1CCN2CCCCC2C1. The van der Waals surface area contributed by atoms with Crippen LogP contribution in [0.1, 0.15) is 33.1 Å². The average molecular weight is 184 g/mol. The molecule has 0 N–H and O–H groups in total. The van der Waals surface area contributed by atoms with Crippen LogP contribution in [0.2, 0.25) is 0 Å². The van der Waals surface area contributed by atoms with Crippen LogP contribution < -0.4 is 0 Å². The molecule has 2 saturated heterocycles. The van der Waals surface area contributed by atoms with E-state index in [0.717, 1.165) is 6.04 Å². The molecule has 0 saturated carbocycles. The van der Waals surface area contributed by atoms with Gasteiger partial charge in [0.05, 0.1) is 0 Å².